The van der Waals surface area contributed by atoms with E-state index in [0.717, 1.165) is 6.42 Å². The van der Waals surface area contributed by atoms with E-state index in [1.165, 1.54) is 23.5 Å². The van der Waals surface area contributed by atoms with Crippen LogP contribution in [0.2, 0.25) is 0 Å². The lowest BCUT2D eigenvalue weighted by Crippen LogP contribution is -2.29. The number of rotatable bonds is 5. The lowest BCUT2D eigenvalue weighted by atomic mass is 10.1. The van der Waals surface area contributed by atoms with Crippen LogP contribution in [0.3, 0.4) is 0 Å². The van der Waals surface area contributed by atoms with Crippen molar-refractivity contribution in [3.8, 4) is 5.75 Å². The molecule has 1 fully saturated rings. The number of anilines is 1. The summed E-state index contributed by atoms with van der Waals surface area (Å²) in [5.41, 5.74) is 6.01. The number of aliphatic hydroxyl groups is 1. The lowest BCUT2D eigenvalue weighted by molar-refractivity contribution is 0.259. The Morgan fingerprint density at radius 2 is 2.25 bits per heavy atom. The highest BCUT2D eigenvalue weighted by Crippen LogP contribution is 2.30. The number of aliphatic hydroxyl groups excluding tert-OH is 1. The van der Waals surface area contributed by atoms with Gasteiger partial charge in [0.25, 0.3) is 0 Å². The molecule has 20 heavy (non-hydrogen) atoms. The molecule has 0 amide bonds. The number of hydrogen-bond donors (Lipinski definition) is 2. The summed E-state index contributed by atoms with van der Waals surface area (Å²) in [6.45, 7) is 0.996. The second-order valence-electron chi connectivity index (χ2n) is 4.93. The van der Waals surface area contributed by atoms with Gasteiger partial charge in [0, 0.05) is 25.8 Å². The lowest BCUT2D eigenvalue weighted by Gasteiger charge is -2.18. The zero-order chi connectivity index (χ0) is 14.8. The van der Waals surface area contributed by atoms with Gasteiger partial charge in [-0.3, -0.25) is 0 Å². The number of ether oxygens (including phenoxy) is 1. The molecule has 1 saturated heterocycles. The smallest absolute Gasteiger partial charge is 0.245 e. The maximum absolute atomic E-state index is 12.5. The van der Waals surface area contributed by atoms with Crippen molar-refractivity contribution in [1.82, 2.24) is 4.31 Å². The van der Waals surface area contributed by atoms with Gasteiger partial charge in [-0.05, 0) is 30.9 Å². The molecule has 0 bridgehead atoms. The molecule has 1 aliphatic rings. The topological polar surface area (TPSA) is 92.9 Å². The van der Waals surface area contributed by atoms with E-state index < -0.39 is 10.0 Å². The molecule has 0 spiro atoms. The van der Waals surface area contributed by atoms with Gasteiger partial charge in [0.05, 0.1) is 12.8 Å². The van der Waals surface area contributed by atoms with Crippen molar-refractivity contribution in [1.29, 1.82) is 0 Å². The van der Waals surface area contributed by atoms with Gasteiger partial charge in [-0.2, -0.15) is 4.31 Å². The van der Waals surface area contributed by atoms with Gasteiger partial charge in [-0.25, -0.2) is 8.42 Å². The van der Waals surface area contributed by atoms with Crippen LogP contribution in [-0.4, -0.2) is 44.6 Å². The van der Waals surface area contributed by atoms with E-state index in [9.17, 15) is 8.42 Å². The first kappa shape index (κ1) is 15.1. The summed E-state index contributed by atoms with van der Waals surface area (Å²) in [5, 5.41) is 8.93. The standard InChI is InChI=1S/C13H20N2O4S/c1-19-11-2-3-13(12(14)8-11)20(17,18)15-6-4-10(9-15)5-7-16/h2-3,8,10,16H,4-7,9,14H2,1H3. The maximum atomic E-state index is 12.5. The number of benzene rings is 1. The van der Waals surface area contributed by atoms with Crippen LogP contribution in [0.5, 0.6) is 5.75 Å². The Labute approximate surface area is 119 Å². The molecule has 3 N–H and O–H groups in total. The molecule has 1 heterocycles. The van der Waals surface area contributed by atoms with Crippen LogP contribution in [-0.2, 0) is 10.0 Å². The molecule has 112 valence electrons. The second-order valence-corrected chi connectivity index (χ2v) is 6.84. The summed E-state index contributed by atoms with van der Waals surface area (Å²) in [6, 6.07) is 4.57. The van der Waals surface area contributed by atoms with E-state index in [2.05, 4.69) is 0 Å². The van der Waals surface area contributed by atoms with E-state index in [0.29, 0.717) is 25.3 Å². The summed E-state index contributed by atoms with van der Waals surface area (Å²) in [6.07, 6.45) is 1.40. The van der Waals surface area contributed by atoms with Gasteiger partial charge in [0.1, 0.15) is 10.6 Å². The van der Waals surface area contributed by atoms with Crippen molar-refractivity contribution in [2.24, 2.45) is 5.92 Å². The average Bonchev–Trinajstić information content (AvgIpc) is 2.88. The quantitative estimate of drug-likeness (QED) is 0.780. The third-order valence-electron chi connectivity index (χ3n) is 3.62. The predicted octanol–water partition coefficient (Wildman–Crippen LogP) is 0.670. The number of sulfonamides is 1. The largest absolute Gasteiger partial charge is 0.497 e. The summed E-state index contributed by atoms with van der Waals surface area (Å²) >= 11 is 0. The number of methoxy groups -OCH3 is 1. The molecule has 2 rings (SSSR count). The van der Waals surface area contributed by atoms with Crippen LogP contribution < -0.4 is 10.5 Å². The maximum Gasteiger partial charge on any atom is 0.245 e. The van der Waals surface area contributed by atoms with Crippen molar-refractivity contribution < 1.29 is 18.3 Å². The van der Waals surface area contributed by atoms with Gasteiger partial charge in [0.15, 0.2) is 0 Å². The molecule has 1 unspecified atom stereocenters. The van der Waals surface area contributed by atoms with Gasteiger partial charge in [-0.15, -0.1) is 0 Å². The minimum Gasteiger partial charge on any atom is -0.497 e. The molecule has 1 aliphatic heterocycles. The van der Waals surface area contributed by atoms with E-state index >= 15 is 0 Å². The van der Waals surface area contributed by atoms with Crippen molar-refractivity contribution >= 4 is 15.7 Å². The van der Waals surface area contributed by atoms with Crippen molar-refractivity contribution in [3.63, 3.8) is 0 Å². The summed E-state index contributed by atoms with van der Waals surface area (Å²) in [7, 11) is -2.07. The summed E-state index contributed by atoms with van der Waals surface area (Å²) in [4.78, 5) is 0.114. The second kappa shape index (κ2) is 5.99. The highest BCUT2D eigenvalue weighted by molar-refractivity contribution is 7.89. The first-order valence-electron chi connectivity index (χ1n) is 6.53. The summed E-state index contributed by atoms with van der Waals surface area (Å²) < 4.78 is 31.6. The van der Waals surface area contributed by atoms with Crippen LogP contribution in [0.1, 0.15) is 12.8 Å². The van der Waals surface area contributed by atoms with Crippen LogP contribution in [0.15, 0.2) is 23.1 Å². The number of nitrogens with two attached hydrogens (primary N) is 1. The molecular formula is C13H20N2O4S. The Kier molecular flexibility index (Phi) is 4.52. The van der Waals surface area contributed by atoms with Crippen molar-refractivity contribution in [2.75, 3.05) is 32.5 Å². The predicted molar refractivity (Wildman–Crippen MR) is 76.0 cm³/mol. The van der Waals surface area contributed by atoms with Crippen LogP contribution in [0.25, 0.3) is 0 Å². The van der Waals surface area contributed by atoms with E-state index in [1.807, 2.05) is 0 Å². The van der Waals surface area contributed by atoms with Crippen LogP contribution >= 0.6 is 0 Å². The number of nitrogen functional groups attached to an aromatic ring is 1. The summed E-state index contributed by atoms with van der Waals surface area (Å²) in [5.74, 6) is 0.746. The fourth-order valence-corrected chi connectivity index (χ4v) is 4.09. The Morgan fingerprint density at radius 1 is 1.50 bits per heavy atom. The molecule has 7 heteroatoms. The fraction of sp³-hybridized carbons (Fsp3) is 0.538. The third-order valence-corrected chi connectivity index (χ3v) is 5.56. The van der Waals surface area contributed by atoms with Crippen molar-refractivity contribution in [3.05, 3.63) is 18.2 Å². The monoisotopic (exact) mass is 300 g/mol. The Hall–Kier alpha value is -1.31. The molecule has 1 atom stereocenters. The van der Waals surface area contributed by atoms with Gasteiger partial charge in [0.2, 0.25) is 10.0 Å². The third kappa shape index (κ3) is 2.89. The van der Waals surface area contributed by atoms with Crippen LogP contribution in [0, 0.1) is 5.92 Å². The average molecular weight is 300 g/mol. The molecule has 1 aromatic carbocycles. The number of nitrogens with zero attached hydrogens (tertiary/aromatic N) is 1. The van der Waals surface area contributed by atoms with E-state index in [-0.39, 0.29) is 23.1 Å². The first-order valence-corrected chi connectivity index (χ1v) is 7.97. The first-order chi connectivity index (χ1) is 9.48. The van der Waals surface area contributed by atoms with E-state index in [4.69, 9.17) is 15.6 Å². The minimum atomic E-state index is -3.57. The van der Waals surface area contributed by atoms with Gasteiger partial charge < -0.3 is 15.6 Å². The highest BCUT2D eigenvalue weighted by Gasteiger charge is 2.33. The van der Waals surface area contributed by atoms with Gasteiger partial charge >= 0.3 is 0 Å². The SMILES string of the molecule is COc1ccc(S(=O)(=O)N2CCC(CCO)C2)c(N)c1. The molecule has 6 nitrogen and oxygen atoms in total. The molecule has 0 aliphatic carbocycles. The van der Waals surface area contributed by atoms with Crippen molar-refractivity contribution in [2.45, 2.75) is 17.7 Å². The molecule has 1 aromatic rings. The Balaban J connectivity index is 2.23. The van der Waals surface area contributed by atoms with Crippen LogP contribution in [0.4, 0.5) is 5.69 Å². The zero-order valence-corrected chi connectivity index (χ0v) is 12.3. The molecule has 0 saturated carbocycles. The highest BCUT2D eigenvalue weighted by atomic mass is 32.2. The fourth-order valence-electron chi connectivity index (χ4n) is 2.46. The normalized spacial score (nSPS) is 20.2. The van der Waals surface area contributed by atoms with Gasteiger partial charge in [-0.1, -0.05) is 0 Å². The minimum absolute atomic E-state index is 0.0865. The Bertz CT molecular complexity index is 574. The molecule has 0 aromatic heterocycles. The molecule has 0 radical (unpaired) electrons. The zero-order valence-electron chi connectivity index (χ0n) is 11.4. The molecular weight excluding hydrogens is 280 g/mol. The number of hydrogen-bond acceptors (Lipinski definition) is 5. The van der Waals surface area contributed by atoms with E-state index in [1.54, 1.807) is 6.07 Å². The Morgan fingerprint density at radius 3 is 2.85 bits per heavy atom.